The van der Waals surface area contributed by atoms with Crippen LogP contribution in [0, 0.1) is 11.8 Å². The van der Waals surface area contributed by atoms with Crippen molar-refractivity contribution >= 4 is 37.3 Å². The van der Waals surface area contributed by atoms with Crippen LogP contribution < -0.4 is 4.72 Å². The second kappa shape index (κ2) is 6.47. The molecule has 0 spiro atoms. The molecule has 4 nitrogen and oxygen atoms in total. The molecule has 1 unspecified atom stereocenters. The lowest BCUT2D eigenvalue weighted by Crippen LogP contribution is -2.30. The summed E-state index contributed by atoms with van der Waals surface area (Å²) in [4.78, 5) is 0.826. The average Bonchev–Trinajstić information content (AvgIpc) is 2.68. The second-order valence-electron chi connectivity index (χ2n) is 4.58. The smallest absolute Gasteiger partial charge is 0.242 e. The fourth-order valence-corrected chi connectivity index (χ4v) is 4.90. The van der Waals surface area contributed by atoms with Crippen LogP contribution in [0.25, 0.3) is 0 Å². The van der Waals surface area contributed by atoms with Gasteiger partial charge in [-0.2, -0.15) is 0 Å². The van der Waals surface area contributed by atoms with Crippen molar-refractivity contribution < 1.29 is 13.5 Å². The van der Waals surface area contributed by atoms with Gasteiger partial charge in [0.15, 0.2) is 0 Å². The molecule has 0 aliphatic carbocycles. The number of sulfonamides is 1. The van der Waals surface area contributed by atoms with E-state index in [-0.39, 0.29) is 17.4 Å². The number of aliphatic hydroxyl groups is 1. The third kappa shape index (κ3) is 4.03. The fourth-order valence-electron chi connectivity index (χ4n) is 1.21. The maximum absolute atomic E-state index is 12.1. The van der Waals surface area contributed by atoms with Crippen molar-refractivity contribution in [1.82, 2.24) is 4.72 Å². The molecule has 0 aliphatic rings. The molecule has 104 valence electrons. The number of halogens is 1. The van der Waals surface area contributed by atoms with E-state index in [0.717, 1.165) is 0 Å². The van der Waals surface area contributed by atoms with Crippen molar-refractivity contribution in [3.63, 3.8) is 0 Å². The molecule has 18 heavy (non-hydrogen) atoms. The van der Waals surface area contributed by atoms with Crippen LogP contribution in [0.2, 0.25) is 0 Å². The quantitative estimate of drug-likeness (QED) is 0.823. The Balaban J connectivity index is 2.83. The van der Waals surface area contributed by atoms with Gasteiger partial charge in [-0.15, -0.1) is 11.3 Å². The molecule has 1 aromatic heterocycles. The summed E-state index contributed by atoms with van der Waals surface area (Å²) in [7, 11) is -3.51. The molecule has 0 bridgehead atoms. The van der Waals surface area contributed by atoms with Crippen LogP contribution in [0.4, 0.5) is 0 Å². The summed E-state index contributed by atoms with van der Waals surface area (Å²) in [6, 6.07) is 1.50. The largest absolute Gasteiger partial charge is 0.391 e. The standard InChI is InChI=1S/C11H18BrNO3S2/c1-7(2)8(3)5-13-18(15,16)10-4-9(6-14)17-11(10)12/h4,7-8,13-14H,5-6H2,1-3H3. The molecule has 0 fully saturated rings. The van der Waals surface area contributed by atoms with E-state index >= 15 is 0 Å². The summed E-state index contributed by atoms with van der Waals surface area (Å²) < 4.78 is 27.3. The zero-order valence-electron chi connectivity index (χ0n) is 10.6. The van der Waals surface area contributed by atoms with Gasteiger partial charge in [0.25, 0.3) is 0 Å². The van der Waals surface area contributed by atoms with Gasteiger partial charge in [0.1, 0.15) is 4.90 Å². The number of nitrogens with one attached hydrogen (secondary N) is 1. The molecule has 1 aromatic rings. The molecule has 0 radical (unpaired) electrons. The maximum atomic E-state index is 12.1. The molecule has 0 saturated carbocycles. The summed E-state index contributed by atoms with van der Waals surface area (Å²) in [5, 5.41) is 9.01. The predicted molar refractivity (Wildman–Crippen MR) is 77.1 cm³/mol. The summed E-state index contributed by atoms with van der Waals surface area (Å²) in [5.74, 6) is 0.695. The van der Waals surface area contributed by atoms with Crippen LogP contribution in [-0.4, -0.2) is 20.1 Å². The molecular weight excluding hydrogens is 338 g/mol. The van der Waals surface area contributed by atoms with Crippen molar-refractivity contribution in [2.24, 2.45) is 11.8 Å². The molecule has 1 heterocycles. The van der Waals surface area contributed by atoms with Crippen LogP contribution in [-0.2, 0) is 16.6 Å². The van der Waals surface area contributed by atoms with Crippen molar-refractivity contribution in [2.75, 3.05) is 6.54 Å². The van der Waals surface area contributed by atoms with Gasteiger partial charge in [0.05, 0.1) is 10.4 Å². The van der Waals surface area contributed by atoms with E-state index in [9.17, 15) is 8.42 Å². The van der Waals surface area contributed by atoms with Crippen molar-refractivity contribution in [3.8, 4) is 0 Å². The average molecular weight is 356 g/mol. The minimum Gasteiger partial charge on any atom is -0.391 e. The minimum absolute atomic E-state index is 0.152. The van der Waals surface area contributed by atoms with Gasteiger partial charge in [-0.25, -0.2) is 13.1 Å². The molecule has 0 aliphatic heterocycles. The van der Waals surface area contributed by atoms with Crippen molar-refractivity contribution in [3.05, 3.63) is 14.7 Å². The summed E-state index contributed by atoms with van der Waals surface area (Å²) in [6.45, 7) is 6.39. The van der Waals surface area contributed by atoms with Gasteiger partial charge in [0.2, 0.25) is 10.0 Å². The Hall–Kier alpha value is 0.0500. The number of aliphatic hydroxyl groups excluding tert-OH is 1. The molecule has 0 aromatic carbocycles. The maximum Gasteiger partial charge on any atom is 0.242 e. The van der Waals surface area contributed by atoms with E-state index in [0.29, 0.717) is 21.1 Å². The molecule has 7 heteroatoms. The fraction of sp³-hybridized carbons (Fsp3) is 0.636. The topological polar surface area (TPSA) is 66.4 Å². The highest BCUT2D eigenvalue weighted by Crippen LogP contribution is 2.31. The van der Waals surface area contributed by atoms with E-state index in [1.54, 1.807) is 0 Å². The Kier molecular flexibility index (Phi) is 5.79. The van der Waals surface area contributed by atoms with Gasteiger partial charge < -0.3 is 5.11 Å². The van der Waals surface area contributed by atoms with Gasteiger partial charge in [-0.1, -0.05) is 20.8 Å². The van der Waals surface area contributed by atoms with Gasteiger partial charge >= 0.3 is 0 Å². The molecule has 0 amide bonds. The Morgan fingerprint density at radius 2 is 2.06 bits per heavy atom. The highest BCUT2D eigenvalue weighted by Gasteiger charge is 2.21. The highest BCUT2D eigenvalue weighted by molar-refractivity contribution is 9.11. The number of hydrogen-bond donors (Lipinski definition) is 2. The number of thiophene rings is 1. The van der Waals surface area contributed by atoms with Gasteiger partial charge in [-0.05, 0) is 33.8 Å². The van der Waals surface area contributed by atoms with Gasteiger partial charge in [-0.3, -0.25) is 0 Å². The van der Waals surface area contributed by atoms with E-state index in [4.69, 9.17) is 5.11 Å². The Morgan fingerprint density at radius 1 is 1.44 bits per heavy atom. The minimum atomic E-state index is -3.51. The van der Waals surface area contributed by atoms with Crippen molar-refractivity contribution in [1.29, 1.82) is 0 Å². The lowest BCUT2D eigenvalue weighted by Gasteiger charge is -2.15. The van der Waals surface area contributed by atoms with Gasteiger partial charge in [0, 0.05) is 11.4 Å². The van der Waals surface area contributed by atoms with Crippen LogP contribution in [0.3, 0.4) is 0 Å². The van der Waals surface area contributed by atoms with Crippen LogP contribution >= 0.6 is 27.3 Å². The zero-order chi connectivity index (χ0) is 13.9. The van der Waals surface area contributed by atoms with Crippen LogP contribution in [0.5, 0.6) is 0 Å². The molecular formula is C11H18BrNO3S2. The number of rotatable bonds is 6. The Labute approximate surface area is 121 Å². The van der Waals surface area contributed by atoms with Crippen molar-refractivity contribution in [2.45, 2.75) is 32.3 Å². The molecule has 2 N–H and O–H groups in total. The first kappa shape index (κ1) is 16.1. The molecule has 1 atom stereocenters. The van der Waals surface area contributed by atoms with E-state index in [1.807, 2.05) is 6.92 Å². The summed E-state index contributed by atoms with van der Waals surface area (Å²) in [5.41, 5.74) is 0. The lowest BCUT2D eigenvalue weighted by atomic mass is 9.99. The van der Waals surface area contributed by atoms with Crippen LogP contribution in [0.1, 0.15) is 25.6 Å². The lowest BCUT2D eigenvalue weighted by molar-refractivity contribution is 0.285. The summed E-state index contributed by atoms with van der Waals surface area (Å²) in [6.07, 6.45) is 0. The number of hydrogen-bond acceptors (Lipinski definition) is 4. The molecule has 0 saturated heterocycles. The highest BCUT2D eigenvalue weighted by atomic mass is 79.9. The Morgan fingerprint density at radius 3 is 2.50 bits per heavy atom. The third-order valence-electron chi connectivity index (χ3n) is 2.89. The predicted octanol–water partition coefficient (Wildman–Crippen LogP) is 2.57. The monoisotopic (exact) mass is 355 g/mol. The first-order chi connectivity index (χ1) is 8.27. The summed E-state index contributed by atoms with van der Waals surface area (Å²) >= 11 is 4.45. The first-order valence-electron chi connectivity index (χ1n) is 5.66. The second-order valence-corrected chi connectivity index (χ2v) is 8.77. The SMILES string of the molecule is CC(C)C(C)CNS(=O)(=O)c1cc(CO)sc1Br. The van der Waals surface area contributed by atoms with E-state index in [1.165, 1.54) is 17.4 Å². The van der Waals surface area contributed by atoms with E-state index in [2.05, 4.69) is 34.5 Å². The third-order valence-corrected chi connectivity index (χ3v) is 6.55. The normalized spacial score (nSPS) is 14.1. The molecule has 1 rings (SSSR count). The Bertz CT molecular complexity index is 496. The first-order valence-corrected chi connectivity index (χ1v) is 8.76. The van der Waals surface area contributed by atoms with E-state index < -0.39 is 10.0 Å². The van der Waals surface area contributed by atoms with Crippen LogP contribution in [0.15, 0.2) is 14.7 Å². The zero-order valence-corrected chi connectivity index (χ0v) is 13.8.